The van der Waals surface area contributed by atoms with Crippen molar-refractivity contribution in [2.24, 2.45) is 0 Å². The molecule has 0 radical (unpaired) electrons. The second-order valence-electron chi connectivity index (χ2n) is 14.9. The summed E-state index contributed by atoms with van der Waals surface area (Å²) in [5, 5.41) is 0. The van der Waals surface area contributed by atoms with Crippen molar-refractivity contribution < 1.29 is 45.3 Å². The van der Waals surface area contributed by atoms with E-state index in [4.69, 9.17) is 41.9 Å². The highest BCUT2D eigenvalue weighted by molar-refractivity contribution is 5.50. The Morgan fingerprint density at radius 2 is 0.455 bits per heavy atom. The van der Waals surface area contributed by atoms with Gasteiger partial charge in [0.1, 0.15) is 46.0 Å². The Bertz CT molecular complexity index is 2590. The molecule has 0 saturated carbocycles. The van der Waals surface area contributed by atoms with Gasteiger partial charge in [0.05, 0.1) is 0 Å². The summed E-state index contributed by atoms with van der Waals surface area (Å²) in [4.78, 5) is 0. The van der Waals surface area contributed by atoms with Crippen LogP contribution >= 0.6 is 0 Å². The Morgan fingerprint density at radius 3 is 0.652 bits per heavy atom. The Balaban J connectivity index is 0.000000202. The van der Waals surface area contributed by atoms with Crippen molar-refractivity contribution in [1.29, 1.82) is 0 Å². The highest BCUT2D eigenvalue weighted by atomic mass is 19.4. The lowest BCUT2D eigenvalue weighted by Crippen LogP contribution is -2.54. The lowest BCUT2D eigenvalue weighted by atomic mass is 9.73. The number of ether oxygens (including phenoxy) is 4. The van der Waals surface area contributed by atoms with Crippen molar-refractivity contribution in [1.82, 2.24) is 0 Å². The van der Waals surface area contributed by atoms with Gasteiger partial charge in [-0.25, -0.2) is 0 Å². The van der Waals surface area contributed by atoms with E-state index in [9.17, 15) is 26.3 Å². The zero-order valence-corrected chi connectivity index (χ0v) is 34.9. The summed E-state index contributed by atoms with van der Waals surface area (Å²) in [6.07, 6.45) is -10.6. The van der Waals surface area contributed by atoms with Crippen molar-refractivity contribution in [3.63, 3.8) is 0 Å². The minimum Gasteiger partial charge on any atom is -0.457 e. The van der Waals surface area contributed by atoms with E-state index < -0.39 is 28.9 Å². The smallest absolute Gasteiger partial charge is 0.411 e. The molecule has 0 amide bonds. The van der Waals surface area contributed by atoms with Gasteiger partial charge in [-0.05, 0) is 174 Å². The number of hydrogen-bond acceptors (Lipinski definition) is 8. The molecule has 66 heavy (non-hydrogen) atoms. The van der Waals surface area contributed by atoms with E-state index in [-0.39, 0.29) is 11.5 Å². The molecule has 8 N–H and O–H groups in total. The van der Waals surface area contributed by atoms with Gasteiger partial charge in [-0.3, -0.25) is 0 Å². The highest BCUT2D eigenvalue weighted by Gasteiger charge is 2.72. The number of hydrogen-bond donors (Lipinski definition) is 4. The molecular formula is C52H42F6N4O4. The molecule has 8 aromatic rings. The van der Waals surface area contributed by atoms with E-state index in [0.29, 0.717) is 22.9 Å². The summed E-state index contributed by atoms with van der Waals surface area (Å²) in [6, 6.07) is 50.4. The largest absolute Gasteiger partial charge is 0.457 e. The molecule has 8 nitrogen and oxygen atoms in total. The molecule has 0 aliphatic heterocycles. The lowest BCUT2D eigenvalue weighted by molar-refractivity contribution is -0.288. The number of nitrogens with two attached hydrogens (primary N) is 4. The molecule has 0 saturated heterocycles. The van der Waals surface area contributed by atoms with Crippen molar-refractivity contribution in [3.8, 4) is 46.0 Å². The number of rotatable bonds is 12. The van der Waals surface area contributed by atoms with E-state index in [1.54, 1.807) is 24.3 Å². The number of benzene rings is 8. The van der Waals surface area contributed by atoms with Gasteiger partial charge in [-0.15, -0.1) is 0 Å². The second kappa shape index (κ2) is 19.6. The molecular weight excluding hydrogens is 859 g/mol. The molecule has 0 bridgehead atoms. The maximum atomic E-state index is 14.4. The van der Waals surface area contributed by atoms with Gasteiger partial charge in [-0.1, -0.05) is 48.5 Å². The molecule has 0 spiro atoms. The standard InChI is InChI=1S/C27H20F6N2O2.C25H22N2O2/c28-26(29,30)25(27(31,32)33,17-1-9-21(10-2-17)36-23-13-5-19(34)6-14-23)18-3-11-22(12-4-18)37-24-15-7-20(35)8-16-24;26-20-5-13-24(14-6-20)28-22-9-1-18(2-10-22)17-19-3-11-23(12-4-19)29-25-15-7-21(27)8-16-25/h1-16H,34-35H2;1-16H,17,26-27H2. The van der Waals surface area contributed by atoms with Gasteiger partial charge in [-0.2, -0.15) is 26.3 Å². The molecule has 0 aliphatic carbocycles. The molecule has 0 fully saturated rings. The van der Waals surface area contributed by atoms with Crippen molar-refractivity contribution in [2.45, 2.75) is 24.2 Å². The first-order valence-electron chi connectivity index (χ1n) is 20.2. The van der Waals surface area contributed by atoms with Crippen LogP contribution in [-0.4, -0.2) is 12.4 Å². The molecule has 0 atom stereocenters. The minimum atomic E-state index is -5.72. The minimum absolute atomic E-state index is 0.0546. The van der Waals surface area contributed by atoms with Crippen LogP contribution in [0.2, 0.25) is 0 Å². The van der Waals surface area contributed by atoms with E-state index in [1.807, 2.05) is 72.8 Å². The predicted molar refractivity (Wildman–Crippen MR) is 245 cm³/mol. The molecule has 0 unspecified atom stereocenters. The lowest BCUT2D eigenvalue weighted by Gasteiger charge is -2.38. The van der Waals surface area contributed by atoms with Crippen LogP contribution in [0, 0.1) is 0 Å². The van der Waals surface area contributed by atoms with Crippen LogP contribution in [0.5, 0.6) is 46.0 Å². The van der Waals surface area contributed by atoms with Crippen LogP contribution in [0.1, 0.15) is 22.3 Å². The normalized spacial score (nSPS) is 11.5. The monoisotopic (exact) mass is 900 g/mol. The second-order valence-corrected chi connectivity index (χ2v) is 14.9. The maximum absolute atomic E-state index is 14.4. The van der Waals surface area contributed by atoms with Gasteiger partial charge in [0.2, 0.25) is 5.41 Å². The fourth-order valence-corrected chi connectivity index (χ4v) is 6.80. The van der Waals surface area contributed by atoms with Crippen LogP contribution in [0.25, 0.3) is 0 Å². The first-order valence-corrected chi connectivity index (χ1v) is 20.2. The van der Waals surface area contributed by atoms with E-state index in [1.165, 1.54) is 35.4 Å². The third-order valence-corrected chi connectivity index (χ3v) is 10.1. The molecule has 8 rings (SSSR count). The SMILES string of the molecule is Nc1ccc(Oc2ccc(C(c3ccc(Oc4ccc(N)cc4)cc3)(C(F)(F)F)C(F)(F)F)cc2)cc1.Nc1ccc(Oc2ccc(Cc3ccc(Oc4ccc(N)cc4)cc3)cc2)cc1. The third-order valence-electron chi connectivity index (χ3n) is 10.1. The molecule has 0 heterocycles. The Hall–Kier alpha value is -8.26. The molecule has 0 aromatic heterocycles. The fourth-order valence-electron chi connectivity index (χ4n) is 6.80. The Labute approximate surface area is 376 Å². The molecule has 0 aliphatic rings. The van der Waals surface area contributed by atoms with Crippen LogP contribution < -0.4 is 41.9 Å². The van der Waals surface area contributed by atoms with E-state index in [0.717, 1.165) is 89.3 Å². The van der Waals surface area contributed by atoms with Crippen molar-refractivity contribution in [3.05, 3.63) is 216 Å². The quantitative estimate of drug-likeness (QED) is 0.0702. The third kappa shape index (κ3) is 11.3. The summed E-state index contributed by atoms with van der Waals surface area (Å²) in [5.41, 5.74) is 21.1. The summed E-state index contributed by atoms with van der Waals surface area (Å²) in [5.74, 6) is 3.87. The van der Waals surface area contributed by atoms with Crippen molar-refractivity contribution >= 4 is 22.7 Å². The van der Waals surface area contributed by atoms with Gasteiger partial charge in [0.15, 0.2) is 0 Å². The number of nitrogen functional groups attached to an aromatic ring is 4. The number of alkyl halides is 6. The van der Waals surface area contributed by atoms with Gasteiger partial charge >= 0.3 is 12.4 Å². The summed E-state index contributed by atoms with van der Waals surface area (Å²) >= 11 is 0. The average Bonchev–Trinajstić information content (AvgIpc) is 3.29. The van der Waals surface area contributed by atoms with Gasteiger partial charge < -0.3 is 41.9 Å². The average molecular weight is 901 g/mol. The highest BCUT2D eigenvalue weighted by Crippen LogP contribution is 2.56. The molecule has 336 valence electrons. The maximum Gasteiger partial charge on any atom is 0.411 e. The van der Waals surface area contributed by atoms with Gasteiger partial charge in [0.25, 0.3) is 0 Å². The number of halogens is 6. The van der Waals surface area contributed by atoms with Crippen LogP contribution in [0.15, 0.2) is 194 Å². The molecule has 8 aromatic carbocycles. The van der Waals surface area contributed by atoms with Crippen LogP contribution in [0.4, 0.5) is 49.1 Å². The predicted octanol–water partition coefficient (Wildman–Crippen LogP) is 13.9. The zero-order valence-electron chi connectivity index (χ0n) is 34.9. The zero-order chi connectivity index (χ0) is 46.9. The molecule has 14 heteroatoms. The first-order chi connectivity index (χ1) is 31.5. The first kappa shape index (κ1) is 45.8. The Kier molecular flexibility index (Phi) is 13.6. The topological polar surface area (TPSA) is 141 Å². The van der Waals surface area contributed by atoms with Crippen LogP contribution in [0.3, 0.4) is 0 Å². The summed E-state index contributed by atoms with van der Waals surface area (Å²) in [6.45, 7) is 0. The van der Waals surface area contributed by atoms with E-state index in [2.05, 4.69) is 24.3 Å². The van der Waals surface area contributed by atoms with Gasteiger partial charge in [0, 0.05) is 22.7 Å². The summed E-state index contributed by atoms with van der Waals surface area (Å²) in [7, 11) is 0. The van der Waals surface area contributed by atoms with Crippen molar-refractivity contribution in [2.75, 3.05) is 22.9 Å². The summed E-state index contributed by atoms with van der Waals surface area (Å²) < 4.78 is 109. The van der Waals surface area contributed by atoms with Crippen LogP contribution in [-0.2, 0) is 11.8 Å². The number of anilines is 4. The fraction of sp³-hybridized carbons (Fsp3) is 0.0769. The van der Waals surface area contributed by atoms with E-state index >= 15 is 0 Å². The Morgan fingerprint density at radius 1 is 0.273 bits per heavy atom.